The number of nitrogens with one attached hydrogen (secondary N) is 2. The molecular formula is C21H27FN6. The molecule has 2 heterocycles. The zero-order valence-electron chi connectivity index (χ0n) is 16.5. The van der Waals surface area contributed by atoms with Crippen LogP contribution in [0.4, 0.5) is 27.5 Å². The Kier molecular flexibility index (Phi) is 5.43. The number of benzene rings is 1. The van der Waals surface area contributed by atoms with Gasteiger partial charge in [-0.1, -0.05) is 12.2 Å². The number of rotatable bonds is 5. The van der Waals surface area contributed by atoms with Gasteiger partial charge >= 0.3 is 0 Å². The first-order chi connectivity index (χ1) is 13.6. The molecule has 0 spiro atoms. The van der Waals surface area contributed by atoms with Crippen molar-refractivity contribution in [2.45, 2.75) is 25.8 Å². The minimum Gasteiger partial charge on any atom is -0.369 e. The summed E-state index contributed by atoms with van der Waals surface area (Å²) in [6.45, 7) is 6.35. The van der Waals surface area contributed by atoms with E-state index in [0.717, 1.165) is 44.7 Å². The van der Waals surface area contributed by atoms with Crippen molar-refractivity contribution in [3.8, 4) is 0 Å². The van der Waals surface area contributed by atoms with Gasteiger partial charge in [-0.25, -0.2) is 9.37 Å². The second-order valence-corrected chi connectivity index (χ2v) is 7.56. The molecule has 0 amide bonds. The highest BCUT2D eigenvalue weighted by atomic mass is 19.1. The van der Waals surface area contributed by atoms with Crippen molar-refractivity contribution in [1.29, 1.82) is 0 Å². The summed E-state index contributed by atoms with van der Waals surface area (Å²) < 4.78 is 14.1. The Morgan fingerprint density at radius 3 is 2.71 bits per heavy atom. The molecule has 1 aromatic heterocycles. The van der Waals surface area contributed by atoms with Crippen molar-refractivity contribution in [3.63, 3.8) is 0 Å². The average Bonchev–Trinajstić information content (AvgIpc) is 3.19. The molecule has 6 nitrogen and oxygen atoms in total. The number of aromatic nitrogens is 2. The fraction of sp³-hybridized carbons (Fsp3) is 0.429. The van der Waals surface area contributed by atoms with Gasteiger partial charge in [0.15, 0.2) is 11.6 Å². The van der Waals surface area contributed by atoms with E-state index >= 15 is 0 Å². The lowest BCUT2D eigenvalue weighted by atomic mass is 10.1. The van der Waals surface area contributed by atoms with Gasteiger partial charge in [0, 0.05) is 43.6 Å². The number of likely N-dealkylation sites (N-methyl/N-ethyl adjacent to an activating group) is 1. The van der Waals surface area contributed by atoms with E-state index in [9.17, 15) is 4.39 Å². The van der Waals surface area contributed by atoms with E-state index in [0.29, 0.717) is 5.95 Å². The second kappa shape index (κ2) is 8.14. The van der Waals surface area contributed by atoms with Crippen LogP contribution in [0.2, 0.25) is 0 Å². The van der Waals surface area contributed by atoms with Crippen LogP contribution >= 0.6 is 0 Å². The van der Waals surface area contributed by atoms with Crippen LogP contribution in [0.25, 0.3) is 0 Å². The zero-order chi connectivity index (χ0) is 19.5. The van der Waals surface area contributed by atoms with Crippen molar-refractivity contribution in [1.82, 2.24) is 14.9 Å². The topological polar surface area (TPSA) is 56.3 Å². The van der Waals surface area contributed by atoms with Gasteiger partial charge in [0.2, 0.25) is 5.95 Å². The van der Waals surface area contributed by atoms with Crippen molar-refractivity contribution in [3.05, 3.63) is 47.9 Å². The first kappa shape index (κ1) is 18.7. The number of aryl methyl sites for hydroxylation is 1. The van der Waals surface area contributed by atoms with Crippen molar-refractivity contribution in [2.24, 2.45) is 0 Å². The van der Waals surface area contributed by atoms with Crippen LogP contribution < -0.4 is 15.5 Å². The first-order valence-corrected chi connectivity index (χ1v) is 9.85. The Hall–Kier alpha value is -2.67. The predicted octanol–water partition coefficient (Wildman–Crippen LogP) is 3.55. The molecule has 1 aliphatic carbocycles. The third-order valence-corrected chi connectivity index (χ3v) is 5.38. The van der Waals surface area contributed by atoms with Crippen molar-refractivity contribution < 1.29 is 4.39 Å². The molecule has 0 saturated carbocycles. The summed E-state index contributed by atoms with van der Waals surface area (Å²) in [6, 6.07) is 6.38. The molecule has 2 aromatic rings. The Morgan fingerprint density at radius 1 is 1.18 bits per heavy atom. The molecule has 1 atom stereocenters. The number of hydrogen-bond acceptors (Lipinski definition) is 6. The number of hydrogen-bond donors (Lipinski definition) is 2. The van der Waals surface area contributed by atoms with E-state index in [4.69, 9.17) is 0 Å². The van der Waals surface area contributed by atoms with Gasteiger partial charge in [-0.15, -0.1) is 0 Å². The maximum atomic E-state index is 14.1. The number of nitrogens with zero attached hydrogens (tertiary/aromatic N) is 4. The monoisotopic (exact) mass is 382 g/mol. The lowest BCUT2D eigenvalue weighted by Gasteiger charge is -2.35. The number of piperazine rings is 1. The molecule has 2 aliphatic rings. The predicted molar refractivity (Wildman–Crippen MR) is 112 cm³/mol. The van der Waals surface area contributed by atoms with Gasteiger partial charge in [-0.05, 0) is 50.6 Å². The second-order valence-electron chi connectivity index (χ2n) is 7.56. The molecule has 1 saturated heterocycles. The highest BCUT2D eigenvalue weighted by Gasteiger charge is 2.17. The highest BCUT2D eigenvalue weighted by Crippen LogP contribution is 2.26. The van der Waals surface area contributed by atoms with Crippen LogP contribution in [0, 0.1) is 12.7 Å². The average molecular weight is 382 g/mol. The Labute approximate surface area is 165 Å². The summed E-state index contributed by atoms with van der Waals surface area (Å²) >= 11 is 0. The van der Waals surface area contributed by atoms with Crippen LogP contribution in [0.1, 0.15) is 18.4 Å². The lowest BCUT2D eigenvalue weighted by Crippen LogP contribution is -2.44. The molecule has 7 heteroatoms. The molecule has 1 unspecified atom stereocenters. The minimum atomic E-state index is -0.438. The smallest absolute Gasteiger partial charge is 0.229 e. The fourth-order valence-corrected chi connectivity index (χ4v) is 3.72. The van der Waals surface area contributed by atoms with Crippen molar-refractivity contribution in [2.75, 3.05) is 48.8 Å². The number of halogens is 1. The third kappa shape index (κ3) is 4.25. The van der Waals surface area contributed by atoms with Crippen LogP contribution in [-0.2, 0) is 0 Å². The van der Waals surface area contributed by atoms with Crippen LogP contribution in [0.15, 0.2) is 36.5 Å². The van der Waals surface area contributed by atoms with Gasteiger partial charge in [-0.3, -0.25) is 0 Å². The molecule has 2 N–H and O–H groups in total. The third-order valence-electron chi connectivity index (χ3n) is 5.38. The SMILES string of the molecule is Cc1cc(Nc2ncc(F)c(NC3C=CCC3)n2)ccc1N1CCN(C)CC1. The van der Waals surface area contributed by atoms with Gasteiger partial charge in [-0.2, -0.15) is 4.98 Å². The number of anilines is 4. The molecule has 1 aliphatic heterocycles. The van der Waals surface area contributed by atoms with E-state index < -0.39 is 5.82 Å². The van der Waals surface area contributed by atoms with Crippen molar-refractivity contribution >= 4 is 23.1 Å². The standard InChI is InChI=1S/C21H27FN6/c1-15-13-17(7-8-19(15)28-11-9-27(2)10-12-28)25-21-23-14-18(22)20(26-21)24-16-5-3-4-6-16/h3,5,7-8,13-14,16H,4,6,9-12H2,1-2H3,(H2,23,24,25,26). The summed E-state index contributed by atoms with van der Waals surface area (Å²) in [5, 5.41) is 6.34. The van der Waals surface area contributed by atoms with E-state index in [2.05, 4.69) is 68.7 Å². The molecule has 148 valence electrons. The van der Waals surface area contributed by atoms with E-state index in [1.54, 1.807) is 0 Å². The Bertz CT molecular complexity index is 860. The molecule has 1 aromatic carbocycles. The van der Waals surface area contributed by atoms with Gasteiger partial charge < -0.3 is 20.4 Å². The summed E-state index contributed by atoms with van der Waals surface area (Å²) in [4.78, 5) is 13.2. The fourth-order valence-electron chi connectivity index (χ4n) is 3.72. The van der Waals surface area contributed by atoms with Crippen LogP contribution in [-0.4, -0.2) is 54.1 Å². The number of allylic oxidation sites excluding steroid dienone is 1. The summed E-state index contributed by atoms with van der Waals surface area (Å²) in [7, 11) is 2.16. The zero-order valence-corrected chi connectivity index (χ0v) is 16.5. The summed E-state index contributed by atoms with van der Waals surface area (Å²) in [5.74, 6) is 0.185. The lowest BCUT2D eigenvalue weighted by molar-refractivity contribution is 0.312. The normalized spacial score (nSPS) is 19.8. The van der Waals surface area contributed by atoms with Gasteiger partial charge in [0.05, 0.1) is 6.20 Å². The molecule has 28 heavy (non-hydrogen) atoms. The van der Waals surface area contributed by atoms with Gasteiger partial charge in [0.25, 0.3) is 0 Å². The van der Waals surface area contributed by atoms with E-state index in [1.807, 2.05) is 6.07 Å². The maximum absolute atomic E-state index is 14.1. The largest absolute Gasteiger partial charge is 0.369 e. The summed E-state index contributed by atoms with van der Waals surface area (Å²) in [5.41, 5.74) is 3.36. The van der Waals surface area contributed by atoms with Gasteiger partial charge in [0.1, 0.15) is 0 Å². The first-order valence-electron chi connectivity index (χ1n) is 9.85. The van der Waals surface area contributed by atoms with Crippen LogP contribution in [0.5, 0.6) is 0 Å². The molecule has 4 rings (SSSR count). The van der Waals surface area contributed by atoms with Crippen LogP contribution in [0.3, 0.4) is 0 Å². The van der Waals surface area contributed by atoms with E-state index in [-0.39, 0.29) is 11.9 Å². The Morgan fingerprint density at radius 2 is 2.00 bits per heavy atom. The molecule has 0 radical (unpaired) electrons. The Balaban J connectivity index is 1.46. The quantitative estimate of drug-likeness (QED) is 0.772. The minimum absolute atomic E-state index is 0.127. The highest BCUT2D eigenvalue weighted by molar-refractivity contribution is 5.64. The molecule has 0 bridgehead atoms. The molecule has 1 fully saturated rings. The molecular weight excluding hydrogens is 355 g/mol. The van der Waals surface area contributed by atoms with E-state index in [1.165, 1.54) is 17.4 Å². The maximum Gasteiger partial charge on any atom is 0.229 e. The summed E-state index contributed by atoms with van der Waals surface area (Å²) in [6.07, 6.45) is 7.32.